The number of hydrogen-bond acceptors (Lipinski definition) is 4. The van der Waals surface area contributed by atoms with Crippen molar-refractivity contribution in [2.75, 3.05) is 6.54 Å². The van der Waals surface area contributed by atoms with Crippen LogP contribution in [0.4, 0.5) is 5.69 Å². The quantitative estimate of drug-likeness (QED) is 0.623. The molecule has 2 aromatic rings. The van der Waals surface area contributed by atoms with Crippen LogP contribution >= 0.6 is 11.8 Å². The molecule has 0 saturated carbocycles. The standard InChI is InChI=1S/C22H24N2O2S/c1-4-13-24-21(25)20(27-22(24)23-18-10-6-5-7-11-18)15-17-9-8-12-19(14-17)26-16(2)3/h5-12,14-16H,4,13H2,1-3H3/b20-15+,23-22?. The van der Waals surface area contributed by atoms with Gasteiger partial charge in [0.2, 0.25) is 0 Å². The predicted molar refractivity (Wildman–Crippen MR) is 113 cm³/mol. The zero-order valence-corrected chi connectivity index (χ0v) is 16.7. The van der Waals surface area contributed by atoms with Crippen LogP contribution in [-0.4, -0.2) is 28.6 Å². The molecule has 0 unspecified atom stereocenters. The van der Waals surface area contributed by atoms with Crippen LogP contribution in [0, 0.1) is 0 Å². The number of amidine groups is 1. The Morgan fingerprint density at radius 3 is 2.63 bits per heavy atom. The van der Waals surface area contributed by atoms with Gasteiger partial charge in [-0.1, -0.05) is 37.3 Å². The highest BCUT2D eigenvalue weighted by molar-refractivity contribution is 8.18. The highest BCUT2D eigenvalue weighted by Crippen LogP contribution is 2.34. The van der Waals surface area contributed by atoms with E-state index in [1.807, 2.05) is 74.5 Å². The molecule has 1 heterocycles. The number of aliphatic imine (C=N–C) groups is 1. The number of carbonyl (C=O) groups is 1. The molecular formula is C22H24N2O2S. The third kappa shape index (κ3) is 5.01. The molecule has 0 N–H and O–H groups in total. The van der Waals surface area contributed by atoms with Gasteiger partial charge in [0.1, 0.15) is 5.75 Å². The summed E-state index contributed by atoms with van der Waals surface area (Å²) in [4.78, 5) is 20.0. The van der Waals surface area contributed by atoms with Crippen molar-refractivity contribution in [1.29, 1.82) is 0 Å². The van der Waals surface area contributed by atoms with E-state index in [1.165, 1.54) is 11.8 Å². The van der Waals surface area contributed by atoms with Crippen molar-refractivity contribution in [2.45, 2.75) is 33.3 Å². The fourth-order valence-electron chi connectivity index (χ4n) is 2.73. The highest BCUT2D eigenvalue weighted by atomic mass is 32.2. The highest BCUT2D eigenvalue weighted by Gasteiger charge is 2.32. The van der Waals surface area contributed by atoms with E-state index in [0.29, 0.717) is 11.4 Å². The Morgan fingerprint density at radius 2 is 1.93 bits per heavy atom. The maximum atomic E-state index is 12.9. The van der Waals surface area contributed by atoms with E-state index in [4.69, 9.17) is 4.74 Å². The van der Waals surface area contributed by atoms with Gasteiger partial charge in [-0.3, -0.25) is 9.69 Å². The van der Waals surface area contributed by atoms with Gasteiger partial charge in [-0.25, -0.2) is 4.99 Å². The minimum Gasteiger partial charge on any atom is -0.491 e. The molecule has 0 bridgehead atoms. The molecule has 1 fully saturated rings. The molecule has 5 heteroatoms. The number of nitrogens with zero attached hydrogens (tertiary/aromatic N) is 2. The Kier molecular flexibility index (Phi) is 6.35. The Bertz CT molecular complexity index is 860. The Morgan fingerprint density at radius 1 is 1.15 bits per heavy atom. The second-order valence-electron chi connectivity index (χ2n) is 6.54. The van der Waals surface area contributed by atoms with Gasteiger partial charge in [0.25, 0.3) is 5.91 Å². The molecule has 1 saturated heterocycles. The van der Waals surface area contributed by atoms with E-state index in [2.05, 4.69) is 11.9 Å². The normalized spacial score (nSPS) is 17.3. The number of para-hydroxylation sites is 1. The van der Waals surface area contributed by atoms with Gasteiger partial charge in [-0.05, 0) is 67.9 Å². The Hall–Kier alpha value is -2.53. The van der Waals surface area contributed by atoms with E-state index in [0.717, 1.165) is 28.6 Å². The van der Waals surface area contributed by atoms with Gasteiger partial charge in [-0.15, -0.1) is 0 Å². The first-order valence-corrected chi connectivity index (χ1v) is 10.0. The molecule has 0 aromatic heterocycles. The average Bonchev–Trinajstić information content (AvgIpc) is 2.91. The third-order valence-electron chi connectivity index (χ3n) is 3.84. The van der Waals surface area contributed by atoms with Gasteiger partial charge in [0, 0.05) is 6.54 Å². The molecular weight excluding hydrogens is 356 g/mol. The lowest BCUT2D eigenvalue weighted by atomic mass is 10.2. The van der Waals surface area contributed by atoms with Gasteiger partial charge in [0.05, 0.1) is 16.7 Å². The fraction of sp³-hybridized carbons (Fsp3) is 0.273. The number of carbonyl (C=O) groups excluding carboxylic acids is 1. The maximum Gasteiger partial charge on any atom is 0.266 e. The maximum absolute atomic E-state index is 12.9. The number of benzene rings is 2. The number of hydrogen-bond donors (Lipinski definition) is 0. The van der Waals surface area contributed by atoms with Crippen molar-refractivity contribution >= 4 is 34.6 Å². The molecule has 0 spiro atoms. The molecule has 140 valence electrons. The molecule has 27 heavy (non-hydrogen) atoms. The van der Waals surface area contributed by atoms with E-state index in [1.54, 1.807) is 4.90 Å². The SMILES string of the molecule is CCCN1C(=O)/C(=C\c2cccc(OC(C)C)c2)SC1=Nc1ccccc1. The molecule has 4 nitrogen and oxygen atoms in total. The molecule has 2 aromatic carbocycles. The molecule has 1 aliphatic heterocycles. The van der Waals surface area contributed by atoms with E-state index in [9.17, 15) is 4.79 Å². The van der Waals surface area contributed by atoms with Crippen molar-refractivity contribution < 1.29 is 9.53 Å². The molecule has 1 amide bonds. The first kappa shape index (κ1) is 19.2. The number of ether oxygens (including phenoxy) is 1. The average molecular weight is 381 g/mol. The summed E-state index contributed by atoms with van der Waals surface area (Å²) < 4.78 is 5.75. The smallest absolute Gasteiger partial charge is 0.266 e. The molecule has 0 atom stereocenters. The van der Waals surface area contributed by atoms with Crippen molar-refractivity contribution in [3.8, 4) is 5.75 Å². The topological polar surface area (TPSA) is 41.9 Å². The van der Waals surface area contributed by atoms with E-state index in [-0.39, 0.29) is 12.0 Å². The second-order valence-corrected chi connectivity index (χ2v) is 7.55. The van der Waals surface area contributed by atoms with Crippen molar-refractivity contribution in [3.63, 3.8) is 0 Å². The fourth-order valence-corrected chi connectivity index (χ4v) is 3.75. The molecule has 0 radical (unpaired) electrons. The van der Waals surface area contributed by atoms with Gasteiger partial charge >= 0.3 is 0 Å². The number of rotatable bonds is 6. The minimum atomic E-state index is 0.00621. The molecule has 1 aliphatic rings. The third-order valence-corrected chi connectivity index (χ3v) is 4.85. The lowest BCUT2D eigenvalue weighted by molar-refractivity contribution is -0.122. The Labute approximate surface area is 164 Å². The van der Waals surface area contributed by atoms with Crippen molar-refractivity contribution in [1.82, 2.24) is 4.90 Å². The van der Waals surface area contributed by atoms with Crippen LogP contribution in [-0.2, 0) is 4.79 Å². The van der Waals surface area contributed by atoms with E-state index < -0.39 is 0 Å². The first-order valence-electron chi connectivity index (χ1n) is 9.18. The molecule has 0 aliphatic carbocycles. The summed E-state index contributed by atoms with van der Waals surface area (Å²) in [5.74, 6) is 0.810. The number of amides is 1. The summed E-state index contributed by atoms with van der Waals surface area (Å²) in [6.45, 7) is 6.71. The summed E-state index contributed by atoms with van der Waals surface area (Å²) in [6.07, 6.45) is 2.90. The first-order chi connectivity index (χ1) is 13.1. The van der Waals surface area contributed by atoms with Crippen LogP contribution in [0.3, 0.4) is 0 Å². The van der Waals surface area contributed by atoms with Gasteiger partial charge in [0.15, 0.2) is 5.17 Å². The summed E-state index contributed by atoms with van der Waals surface area (Å²) in [6, 6.07) is 17.5. The van der Waals surface area contributed by atoms with Crippen LogP contribution in [0.15, 0.2) is 64.5 Å². The van der Waals surface area contributed by atoms with Crippen LogP contribution in [0.5, 0.6) is 5.75 Å². The van der Waals surface area contributed by atoms with Crippen molar-refractivity contribution in [2.24, 2.45) is 4.99 Å². The van der Waals surface area contributed by atoms with Crippen molar-refractivity contribution in [3.05, 3.63) is 65.1 Å². The largest absolute Gasteiger partial charge is 0.491 e. The Balaban J connectivity index is 1.89. The lowest BCUT2D eigenvalue weighted by Gasteiger charge is -2.13. The summed E-state index contributed by atoms with van der Waals surface area (Å²) >= 11 is 1.42. The van der Waals surface area contributed by atoms with Gasteiger partial charge < -0.3 is 4.74 Å². The zero-order valence-electron chi connectivity index (χ0n) is 15.9. The van der Waals surface area contributed by atoms with Gasteiger partial charge in [-0.2, -0.15) is 0 Å². The van der Waals surface area contributed by atoms with Crippen LogP contribution in [0.25, 0.3) is 6.08 Å². The van der Waals surface area contributed by atoms with Crippen LogP contribution in [0.1, 0.15) is 32.8 Å². The second kappa shape index (κ2) is 8.91. The lowest BCUT2D eigenvalue weighted by Crippen LogP contribution is -2.29. The molecule has 3 rings (SSSR count). The number of thioether (sulfide) groups is 1. The van der Waals surface area contributed by atoms with Crippen LogP contribution in [0.2, 0.25) is 0 Å². The summed E-state index contributed by atoms with van der Waals surface area (Å²) in [7, 11) is 0. The zero-order chi connectivity index (χ0) is 19.2. The van der Waals surface area contributed by atoms with Crippen LogP contribution < -0.4 is 4.74 Å². The summed E-state index contributed by atoms with van der Waals surface area (Å²) in [5.41, 5.74) is 1.80. The minimum absolute atomic E-state index is 0.00621. The monoisotopic (exact) mass is 380 g/mol. The predicted octanol–water partition coefficient (Wildman–Crippen LogP) is 5.49. The summed E-state index contributed by atoms with van der Waals surface area (Å²) in [5, 5.41) is 0.730. The van der Waals surface area contributed by atoms with E-state index >= 15 is 0 Å².